The van der Waals surface area contributed by atoms with Crippen LogP contribution >= 0.6 is 0 Å². The highest BCUT2D eigenvalue weighted by Crippen LogP contribution is 2.40. The third kappa shape index (κ3) is 16.3. The van der Waals surface area contributed by atoms with Crippen LogP contribution in [0.1, 0.15) is 145 Å². The van der Waals surface area contributed by atoms with Crippen LogP contribution in [0.5, 0.6) is 0 Å². The van der Waals surface area contributed by atoms with Gasteiger partial charge in [0.2, 0.25) is 0 Å². The molecule has 206 valence electrons. The van der Waals surface area contributed by atoms with Crippen LogP contribution in [0, 0.1) is 17.8 Å². The van der Waals surface area contributed by atoms with Gasteiger partial charge < -0.3 is 0 Å². The normalized spacial score (nSPS) is 21.1. The minimum Gasteiger partial charge on any atom is -0.298 e. The smallest absolute Gasteiger partial charge is 0.298 e. The van der Waals surface area contributed by atoms with Crippen molar-refractivity contribution in [1.82, 2.24) is 0 Å². The Hall–Kier alpha value is -1.14. The Morgan fingerprint density at radius 3 is 1.91 bits per heavy atom. The lowest BCUT2D eigenvalue weighted by Gasteiger charge is -2.35. The minimum absolute atomic E-state index is 0.0425. The fraction of sp³-hybridized carbons (Fsp3) is 0.931. The topological polar surface area (TPSA) is 71.1 Å². The highest BCUT2D eigenvalue weighted by atomic mass is 17.2. The molecule has 0 aromatic rings. The van der Waals surface area contributed by atoms with Crippen molar-refractivity contribution in [3.8, 4) is 0 Å². The first-order valence-electron chi connectivity index (χ1n) is 14.2. The summed E-state index contributed by atoms with van der Waals surface area (Å²) in [5.74, 6) is 0.515. The van der Waals surface area contributed by atoms with E-state index in [0.29, 0.717) is 18.3 Å². The van der Waals surface area contributed by atoms with Crippen LogP contribution in [-0.4, -0.2) is 23.1 Å². The lowest BCUT2D eigenvalue weighted by Crippen LogP contribution is -2.34. The van der Waals surface area contributed by atoms with Crippen LogP contribution in [0.15, 0.2) is 0 Å². The molecule has 3 unspecified atom stereocenters. The molecule has 6 heteroatoms. The van der Waals surface area contributed by atoms with Gasteiger partial charge in [0.05, 0.1) is 5.92 Å². The first-order chi connectivity index (χ1) is 16.4. The van der Waals surface area contributed by atoms with Gasteiger partial charge in [-0.15, -0.1) is 0 Å². The van der Waals surface area contributed by atoms with Gasteiger partial charge in [-0.05, 0) is 79.1 Å². The van der Waals surface area contributed by atoms with Crippen molar-refractivity contribution in [2.75, 3.05) is 0 Å². The first-order valence-corrected chi connectivity index (χ1v) is 14.2. The molecule has 1 saturated carbocycles. The third-order valence-electron chi connectivity index (χ3n) is 6.58. The Bertz CT molecular complexity index is 589. The molecule has 0 saturated heterocycles. The number of carbonyl (C=O) groups is 2. The van der Waals surface area contributed by atoms with Gasteiger partial charge in [-0.25, -0.2) is 9.59 Å². The molecule has 1 rings (SSSR count). The predicted octanol–water partition coefficient (Wildman–Crippen LogP) is 8.27. The summed E-state index contributed by atoms with van der Waals surface area (Å²) in [5.41, 5.74) is -0.962. The fourth-order valence-corrected chi connectivity index (χ4v) is 4.72. The van der Waals surface area contributed by atoms with Crippen molar-refractivity contribution in [3.63, 3.8) is 0 Å². The Kier molecular flexibility index (Phi) is 15.1. The Morgan fingerprint density at radius 1 is 0.714 bits per heavy atom. The first kappa shape index (κ1) is 31.9. The van der Waals surface area contributed by atoms with Crippen molar-refractivity contribution < 1.29 is 29.1 Å². The van der Waals surface area contributed by atoms with Crippen LogP contribution < -0.4 is 0 Å². The van der Waals surface area contributed by atoms with Crippen LogP contribution in [0.25, 0.3) is 0 Å². The lowest BCUT2D eigenvalue weighted by atomic mass is 9.71. The summed E-state index contributed by atoms with van der Waals surface area (Å²) in [6.07, 6.45) is 16.2. The van der Waals surface area contributed by atoms with Gasteiger partial charge in [0.1, 0.15) is 11.2 Å². The summed E-state index contributed by atoms with van der Waals surface area (Å²) in [6, 6.07) is 0. The molecule has 0 amide bonds. The zero-order valence-corrected chi connectivity index (χ0v) is 23.8. The molecule has 35 heavy (non-hydrogen) atoms. The molecule has 1 aliphatic carbocycles. The third-order valence-corrected chi connectivity index (χ3v) is 6.58. The van der Waals surface area contributed by atoms with Gasteiger partial charge in [0, 0.05) is 6.42 Å². The number of rotatable bonds is 16. The van der Waals surface area contributed by atoms with Crippen molar-refractivity contribution in [2.45, 2.75) is 156 Å². The molecule has 0 spiro atoms. The standard InChI is InChI=1S/C29H54O6/c1-8-9-14-17-23-20-21-24(25(22-23)27(31)33-35-29(5,6)7)18-15-12-10-11-13-16-19-26(30)32-34-28(2,3)4/h23-25H,8-22H2,1-7H3. The summed E-state index contributed by atoms with van der Waals surface area (Å²) < 4.78 is 0. The molecule has 0 heterocycles. The van der Waals surface area contributed by atoms with Crippen molar-refractivity contribution in [2.24, 2.45) is 17.8 Å². The summed E-state index contributed by atoms with van der Waals surface area (Å²) in [7, 11) is 0. The van der Waals surface area contributed by atoms with E-state index < -0.39 is 11.2 Å². The quantitative estimate of drug-likeness (QED) is 0.121. The van der Waals surface area contributed by atoms with E-state index >= 15 is 0 Å². The number of hydrogen-bond acceptors (Lipinski definition) is 6. The molecular weight excluding hydrogens is 444 g/mol. The van der Waals surface area contributed by atoms with E-state index in [2.05, 4.69) is 6.92 Å². The van der Waals surface area contributed by atoms with Gasteiger partial charge in [-0.3, -0.25) is 9.78 Å². The average molecular weight is 499 g/mol. The van der Waals surface area contributed by atoms with Gasteiger partial charge in [-0.2, -0.15) is 9.78 Å². The number of hydrogen-bond donors (Lipinski definition) is 0. The Morgan fingerprint density at radius 2 is 1.29 bits per heavy atom. The molecule has 3 atom stereocenters. The molecule has 0 aromatic carbocycles. The van der Waals surface area contributed by atoms with E-state index in [1.807, 2.05) is 41.5 Å². The fourth-order valence-electron chi connectivity index (χ4n) is 4.72. The second-order valence-electron chi connectivity index (χ2n) is 12.5. The summed E-state index contributed by atoms with van der Waals surface area (Å²) >= 11 is 0. The van der Waals surface area contributed by atoms with Crippen molar-refractivity contribution >= 4 is 11.9 Å². The molecule has 0 aliphatic heterocycles. The molecule has 1 aliphatic rings. The van der Waals surface area contributed by atoms with Crippen LogP contribution in [0.2, 0.25) is 0 Å². The molecule has 6 nitrogen and oxygen atoms in total. The Labute approximate surface area is 215 Å². The van der Waals surface area contributed by atoms with Crippen LogP contribution in [-0.2, 0) is 29.1 Å². The second-order valence-corrected chi connectivity index (χ2v) is 12.5. The lowest BCUT2D eigenvalue weighted by molar-refractivity contribution is -0.324. The zero-order chi connectivity index (χ0) is 26.3. The summed E-state index contributed by atoms with van der Waals surface area (Å²) in [4.78, 5) is 45.1. The van der Waals surface area contributed by atoms with Gasteiger partial charge in [0.15, 0.2) is 0 Å². The Balaban J connectivity index is 2.32. The number of carbonyl (C=O) groups excluding carboxylic acids is 2. The van der Waals surface area contributed by atoms with Crippen molar-refractivity contribution in [3.05, 3.63) is 0 Å². The van der Waals surface area contributed by atoms with E-state index in [1.54, 1.807) is 0 Å². The molecule has 0 aromatic heterocycles. The van der Waals surface area contributed by atoms with Crippen LogP contribution in [0.3, 0.4) is 0 Å². The van der Waals surface area contributed by atoms with Gasteiger partial charge >= 0.3 is 11.9 Å². The highest BCUT2D eigenvalue weighted by molar-refractivity contribution is 5.72. The SMILES string of the molecule is CCCCCC1CCC(CCCCCCCCC(=O)OOC(C)(C)C)C(C(=O)OOC(C)(C)C)C1. The largest absolute Gasteiger partial charge is 0.345 e. The molecule has 0 radical (unpaired) electrons. The van der Waals surface area contributed by atoms with Gasteiger partial charge in [-0.1, -0.05) is 71.1 Å². The zero-order valence-electron chi connectivity index (χ0n) is 23.8. The van der Waals surface area contributed by atoms with Gasteiger partial charge in [0.25, 0.3) is 0 Å². The van der Waals surface area contributed by atoms with E-state index in [1.165, 1.54) is 32.1 Å². The maximum absolute atomic E-state index is 12.9. The summed E-state index contributed by atoms with van der Waals surface area (Å²) in [6.45, 7) is 13.5. The highest BCUT2D eigenvalue weighted by Gasteiger charge is 2.36. The maximum atomic E-state index is 12.9. The van der Waals surface area contributed by atoms with Crippen LogP contribution in [0.4, 0.5) is 0 Å². The second kappa shape index (κ2) is 16.6. The average Bonchev–Trinajstić information content (AvgIpc) is 2.77. The molecule has 1 fully saturated rings. The monoisotopic (exact) mass is 498 g/mol. The van der Waals surface area contributed by atoms with E-state index in [4.69, 9.17) is 19.6 Å². The summed E-state index contributed by atoms with van der Waals surface area (Å²) in [5, 5.41) is 0. The molecule has 0 bridgehead atoms. The maximum Gasteiger partial charge on any atom is 0.345 e. The minimum atomic E-state index is -0.489. The number of unbranched alkanes of at least 4 members (excludes halogenated alkanes) is 7. The molecule has 0 N–H and O–H groups in total. The van der Waals surface area contributed by atoms with E-state index in [9.17, 15) is 9.59 Å². The van der Waals surface area contributed by atoms with Crippen molar-refractivity contribution in [1.29, 1.82) is 0 Å². The van der Waals surface area contributed by atoms with E-state index in [0.717, 1.165) is 57.8 Å². The predicted molar refractivity (Wildman–Crippen MR) is 139 cm³/mol. The molecular formula is C29H54O6. The van der Waals surface area contributed by atoms with E-state index in [-0.39, 0.29) is 17.9 Å².